The predicted molar refractivity (Wildman–Crippen MR) is 132 cm³/mol. The van der Waals surface area contributed by atoms with Gasteiger partial charge in [0.15, 0.2) is 5.13 Å². The third-order valence-corrected chi connectivity index (χ3v) is 6.99. The van der Waals surface area contributed by atoms with Crippen LogP contribution in [0.15, 0.2) is 53.9 Å². The van der Waals surface area contributed by atoms with Gasteiger partial charge < -0.3 is 15.5 Å². The summed E-state index contributed by atoms with van der Waals surface area (Å²) in [5.41, 5.74) is 2.87. The van der Waals surface area contributed by atoms with E-state index in [0.717, 1.165) is 24.8 Å². The highest BCUT2D eigenvalue weighted by molar-refractivity contribution is 7.14. The van der Waals surface area contributed by atoms with Crippen molar-refractivity contribution in [3.8, 4) is 11.3 Å². The number of halogens is 1. The summed E-state index contributed by atoms with van der Waals surface area (Å²) in [7, 11) is 0. The molecule has 0 radical (unpaired) electrons. The van der Waals surface area contributed by atoms with Crippen molar-refractivity contribution in [1.82, 2.24) is 15.2 Å². The van der Waals surface area contributed by atoms with E-state index in [0.29, 0.717) is 41.0 Å². The van der Waals surface area contributed by atoms with Crippen molar-refractivity contribution in [2.75, 3.05) is 11.9 Å². The molecule has 0 spiro atoms. The van der Waals surface area contributed by atoms with Crippen molar-refractivity contribution in [2.24, 2.45) is 0 Å². The molecule has 35 heavy (non-hydrogen) atoms. The lowest BCUT2D eigenvalue weighted by Gasteiger charge is -2.23. The van der Waals surface area contributed by atoms with Crippen LogP contribution in [0.3, 0.4) is 0 Å². The maximum absolute atomic E-state index is 13.1. The molecule has 0 bridgehead atoms. The van der Waals surface area contributed by atoms with Gasteiger partial charge in [-0.25, -0.2) is 9.37 Å². The van der Waals surface area contributed by atoms with Crippen molar-refractivity contribution in [3.63, 3.8) is 0 Å². The largest absolute Gasteiger partial charge is 0.349 e. The molecule has 0 unspecified atom stereocenters. The Kier molecular flexibility index (Phi) is 6.59. The highest BCUT2D eigenvalue weighted by Crippen LogP contribution is 2.27. The monoisotopic (exact) mass is 492 g/mol. The molecule has 1 saturated carbocycles. The van der Waals surface area contributed by atoms with E-state index >= 15 is 0 Å². The van der Waals surface area contributed by atoms with E-state index in [-0.39, 0.29) is 30.0 Å². The summed E-state index contributed by atoms with van der Waals surface area (Å²) in [6.07, 6.45) is 3.54. The Hall–Kier alpha value is -3.59. The standard InChI is InChI=1S/C26H25FN4O3S/c27-19-9-3-16(4-10-19)14-23(32)31-13-1-2-22(31)25(34)30-26-29-21(15-35-26)17-5-7-18(8-6-17)24(33)28-20-11-12-20/h3-10,15,20,22H,1-2,11-14H2,(H,28,33)(H,29,30,34)/t22-/m0/s1. The number of hydrogen-bond donors (Lipinski definition) is 2. The van der Waals surface area contributed by atoms with Crippen LogP contribution in [-0.4, -0.2) is 46.2 Å². The molecule has 180 valence electrons. The number of rotatable bonds is 7. The molecule has 1 saturated heterocycles. The summed E-state index contributed by atoms with van der Waals surface area (Å²) in [6, 6.07) is 12.8. The number of benzene rings is 2. The molecule has 2 N–H and O–H groups in total. The van der Waals surface area contributed by atoms with Crippen molar-refractivity contribution in [2.45, 2.75) is 44.2 Å². The second-order valence-electron chi connectivity index (χ2n) is 8.90. The zero-order chi connectivity index (χ0) is 24.4. The lowest BCUT2D eigenvalue weighted by atomic mass is 10.1. The average Bonchev–Trinajstić information content (AvgIpc) is 3.32. The molecule has 2 aromatic carbocycles. The van der Waals surface area contributed by atoms with Gasteiger partial charge in [0.05, 0.1) is 12.1 Å². The lowest BCUT2D eigenvalue weighted by Crippen LogP contribution is -2.43. The molecule has 9 heteroatoms. The number of likely N-dealkylation sites (tertiary alicyclic amines) is 1. The average molecular weight is 493 g/mol. The van der Waals surface area contributed by atoms with Crippen molar-refractivity contribution in [3.05, 3.63) is 70.9 Å². The van der Waals surface area contributed by atoms with Crippen molar-refractivity contribution < 1.29 is 18.8 Å². The quantitative estimate of drug-likeness (QED) is 0.521. The van der Waals surface area contributed by atoms with Crippen LogP contribution in [0, 0.1) is 5.82 Å². The van der Waals surface area contributed by atoms with Gasteiger partial charge in [-0.15, -0.1) is 11.3 Å². The minimum atomic E-state index is -0.556. The highest BCUT2D eigenvalue weighted by Gasteiger charge is 2.34. The Morgan fingerprint density at radius 2 is 1.77 bits per heavy atom. The summed E-state index contributed by atoms with van der Waals surface area (Å²) in [5.74, 6) is -0.833. The molecule has 2 heterocycles. The number of amides is 3. The fraction of sp³-hybridized carbons (Fsp3) is 0.308. The number of thiazole rings is 1. The first kappa shape index (κ1) is 23.2. The highest BCUT2D eigenvalue weighted by atomic mass is 32.1. The summed E-state index contributed by atoms with van der Waals surface area (Å²) >= 11 is 1.31. The first-order chi connectivity index (χ1) is 17.0. The molecule has 1 aromatic heterocycles. The number of carbonyl (C=O) groups excluding carboxylic acids is 3. The maximum Gasteiger partial charge on any atom is 0.251 e. The summed E-state index contributed by atoms with van der Waals surface area (Å²) in [4.78, 5) is 44.0. The second kappa shape index (κ2) is 9.95. The van der Waals surface area contributed by atoms with Gasteiger partial charge in [-0.3, -0.25) is 14.4 Å². The van der Waals surface area contributed by atoms with Gasteiger partial charge in [0.1, 0.15) is 11.9 Å². The molecular formula is C26H25FN4O3S. The van der Waals surface area contributed by atoms with Crippen LogP contribution in [0.1, 0.15) is 41.6 Å². The Bertz CT molecular complexity index is 1240. The van der Waals surface area contributed by atoms with E-state index in [2.05, 4.69) is 15.6 Å². The van der Waals surface area contributed by atoms with Gasteiger partial charge in [-0.1, -0.05) is 24.3 Å². The number of hydrogen-bond acceptors (Lipinski definition) is 5. The fourth-order valence-electron chi connectivity index (χ4n) is 4.16. The molecule has 7 nitrogen and oxygen atoms in total. The number of anilines is 1. The van der Waals surface area contributed by atoms with Gasteiger partial charge in [-0.2, -0.15) is 0 Å². The van der Waals surface area contributed by atoms with Crippen LogP contribution in [0.2, 0.25) is 0 Å². The first-order valence-electron chi connectivity index (χ1n) is 11.7. The zero-order valence-electron chi connectivity index (χ0n) is 19.0. The Balaban J connectivity index is 1.20. The zero-order valence-corrected chi connectivity index (χ0v) is 19.8. The molecule has 2 fully saturated rings. The summed E-state index contributed by atoms with van der Waals surface area (Å²) in [6.45, 7) is 0.516. The van der Waals surface area contributed by atoms with E-state index in [1.165, 1.54) is 23.5 Å². The normalized spacial score (nSPS) is 17.3. The van der Waals surface area contributed by atoms with Gasteiger partial charge in [0.25, 0.3) is 5.91 Å². The minimum Gasteiger partial charge on any atom is -0.349 e. The fourth-order valence-corrected chi connectivity index (χ4v) is 4.88. The van der Waals surface area contributed by atoms with E-state index in [1.807, 2.05) is 17.5 Å². The van der Waals surface area contributed by atoms with Crippen molar-refractivity contribution >= 4 is 34.2 Å². The summed E-state index contributed by atoms with van der Waals surface area (Å²) < 4.78 is 13.1. The van der Waals surface area contributed by atoms with Crippen LogP contribution < -0.4 is 10.6 Å². The smallest absolute Gasteiger partial charge is 0.251 e. The van der Waals surface area contributed by atoms with Gasteiger partial charge in [0, 0.05) is 29.1 Å². The third kappa shape index (κ3) is 5.57. The summed E-state index contributed by atoms with van der Waals surface area (Å²) in [5, 5.41) is 8.12. The Morgan fingerprint density at radius 3 is 2.49 bits per heavy atom. The van der Waals surface area contributed by atoms with Crippen LogP contribution in [-0.2, 0) is 16.0 Å². The van der Waals surface area contributed by atoms with E-state index in [1.54, 1.807) is 29.2 Å². The Labute approximate surface area is 206 Å². The van der Waals surface area contributed by atoms with E-state index in [4.69, 9.17) is 0 Å². The van der Waals surface area contributed by atoms with Crippen molar-refractivity contribution in [1.29, 1.82) is 0 Å². The lowest BCUT2D eigenvalue weighted by molar-refractivity contribution is -0.136. The number of carbonyl (C=O) groups is 3. The number of aromatic nitrogens is 1. The van der Waals surface area contributed by atoms with Gasteiger partial charge in [-0.05, 0) is 55.5 Å². The minimum absolute atomic E-state index is 0.0691. The second-order valence-corrected chi connectivity index (χ2v) is 9.76. The van der Waals surface area contributed by atoms with E-state index in [9.17, 15) is 18.8 Å². The maximum atomic E-state index is 13.1. The Morgan fingerprint density at radius 1 is 1.03 bits per heavy atom. The van der Waals surface area contributed by atoms with E-state index < -0.39 is 6.04 Å². The molecule has 2 aliphatic rings. The van der Waals surface area contributed by atoms with Crippen LogP contribution in [0.4, 0.5) is 9.52 Å². The van der Waals surface area contributed by atoms with Gasteiger partial charge in [0.2, 0.25) is 11.8 Å². The topological polar surface area (TPSA) is 91.4 Å². The molecule has 5 rings (SSSR count). The molecule has 1 aliphatic carbocycles. The first-order valence-corrected chi connectivity index (χ1v) is 12.6. The SMILES string of the molecule is O=C(NC1CC1)c1ccc(-c2csc(NC(=O)[C@@H]3CCCN3C(=O)Cc3ccc(F)cc3)n2)cc1. The molecule has 1 atom stereocenters. The van der Waals surface area contributed by atoms with Crippen LogP contribution >= 0.6 is 11.3 Å². The van der Waals surface area contributed by atoms with Crippen LogP contribution in [0.5, 0.6) is 0 Å². The predicted octanol–water partition coefficient (Wildman–Crippen LogP) is 4.01. The van der Waals surface area contributed by atoms with Crippen LogP contribution in [0.25, 0.3) is 11.3 Å². The number of nitrogens with zero attached hydrogens (tertiary/aromatic N) is 2. The molecule has 1 aliphatic heterocycles. The third-order valence-electron chi connectivity index (χ3n) is 6.23. The van der Waals surface area contributed by atoms with Gasteiger partial charge >= 0.3 is 0 Å². The number of nitrogens with one attached hydrogen (secondary N) is 2. The molecular weight excluding hydrogens is 467 g/mol. The molecule has 3 aromatic rings. The molecule has 3 amide bonds.